The molecule has 0 heterocycles. The van der Waals surface area contributed by atoms with Crippen LogP contribution in [0.2, 0.25) is 0 Å². The molecule has 0 bridgehead atoms. The standard InChI is InChI=1S/C12H15NO5S/c1-8(12(15)18-2)13-11(14)9-5-4-6-10(7-9)19(3,16)17/h4-8H,1-3H3,(H,13,14). The van der Waals surface area contributed by atoms with Gasteiger partial charge in [0.1, 0.15) is 6.04 Å². The number of benzene rings is 1. The van der Waals surface area contributed by atoms with Crippen molar-refractivity contribution >= 4 is 21.7 Å². The van der Waals surface area contributed by atoms with Gasteiger partial charge >= 0.3 is 5.97 Å². The lowest BCUT2D eigenvalue weighted by atomic mass is 10.2. The lowest BCUT2D eigenvalue weighted by Gasteiger charge is -2.11. The van der Waals surface area contributed by atoms with Gasteiger partial charge in [-0.2, -0.15) is 0 Å². The second kappa shape index (κ2) is 5.83. The number of nitrogens with one attached hydrogen (secondary N) is 1. The molecule has 1 aromatic carbocycles. The van der Waals surface area contributed by atoms with Gasteiger partial charge in [-0.1, -0.05) is 6.07 Å². The van der Waals surface area contributed by atoms with E-state index in [0.29, 0.717) is 0 Å². The van der Waals surface area contributed by atoms with Crippen LogP contribution in [0.1, 0.15) is 17.3 Å². The number of carbonyl (C=O) groups is 2. The SMILES string of the molecule is COC(=O)C(C)NC(=O)c1cccc(S(C)(=O)=O)c1. The smallest absolute Gasteiger partial charge is 0.328 e. The number of sulfone groups is 1. The van der Waals surface area contributed by atoms with Crippen LogP contribution in [0.3, 0.4) is 0 Å². The first-order valence-electron chi connectivity index (χ1n) is 5.44. The van der Waals surface area contributed by atoms with E-state index in [2.05, 4.69) is 10.1 Å². The molecule has 104 valence electrons. The summed E-state index contributed by atoms with van der Waals surface area (Å²) in [7, 11) is -2.16. The van der Waals surface area contributed by atoms with Crippen molar-refractivity contribution in [3.8, 4) is 0 Å². The predicted molar refractivity (Wildman–Crippen MR) is 68.5 cm³/mol. The summed E-state index contributed by atoms with van der Waals surface area (Å²) in [5.74, 6) is -1.11. The highest BCUT2D eigenvalue weighted by molar-refractivity contribution is 7.90. The molecule has 0 aliphatic carbocycles. The van der Waals surface area contributed by atoms with E-state index in [1.165, 1.54) is 38.3 Å². The fraction of sp³-hybridized carbons (Fsp3) is 0.333. The Labute approximate surface area is 111 Å². The molecule has 0 radical (unpaired) electrons. The fourth-order valence-corrected chi connectivity index (χ4v) is 2.05. The van der Waals surface area contributed by atoms with Crippen molar-refractivity contribution in [1.29, 1.82) is 0 Å². The Morgan fingerprint density at radius 3 is 2.47 bits per heavy atom. The Balaban J connectivity index is 2.93. The lowest BCUT2D eigenvalue weighted by molar-refractivity contribution is -0.142. The number of esters is 1. The number of methoxy groups -OCH3 is 1. The van der Waals surface area contributed by atoms with Crippen LogP contribution in [0.4, 0.5) is 0 Å². The molecule has 0 aromatic heterocycles. The van der Waals surface area contributed by atoms with Gasteiger partial charge in [-0.05, 0) is 25.1 Å². The van der Waals surface area contributed by atoms with Gasteiger partial charge in [-0.3, -0.25) is 4.79 Å². The zero-order chi connectivity index (χ0) is 14.6. The average Bonchev–Trinajstić information content (AvgIpc) is 2.36. The molecule has 1 rings (SSSR count). The zero-order valence-electron chi connectivity index (χ0n) is 10.8. The van der Waals surface area contributed by atoms with Gasteiger partial charge in [-0.25, -0.2) is 13.2 Å². The lowest BCUT2D eigenvalue weighted by Crippen LogP contribution is -2.39. The first-order chi connectivity index (χ1) is 8.75. The second-order valence-electron chi connectivity index (χ2n) is 4.02. The molecule has 1 atom stereocenters. The Kier molecular flexibility index (Phi) is 4.66. The van der Waals surface area contributed by atoms with Gasteiger partial charge in [0.25, 0.3) is 5.91 Å². The molecule has 0 saturated carbocycles. The third-order valence-electron chi connectivity index (χ3n) is 2.43. The van der Waals surface area contributed by atoms with Crippen molar-refractivity contribution in [2.24, 2.45) is 0 Å². The predicted octanol–water partition coefficient (Wildman–Crippen LogP) is 0.381. The average molecular weight is 285 g/mol. The van der Waals surface area contributed by atoms with Gasteiger partial charge in [0.15, 0.2) is 9.84 Å². The summed E-state index contributed by atoms with van der Waals surface area (Å²) in [5.41, 5.74) is 0.165. The van der Waals surface area contributed by atoms with Gasteiger partial charge in [0.05, 0.1) is 12.0 Å². The van der Waals surface area contributed by atoms with Crippen molar-refractivity contribution < 1.29 is 22.7 Å². The van der Waals surface area contributed by atoms with Crippen molar-refractivity contribution in [2.75, 3.05) is 13.4 Å². The van der Waals surface area contributed by atoms with Gasteiger partial charge < -0.3 is 10.1 Å². The molecule has 0 saturated heterocycles. The zero-order valence-corrected chi connectivity index (χ0v) is 11.7. The largest absolute Gasteiger partial charge is 0.467 e. The van der Waals surface area contributed by atoms with E-state index in [1.807, 2.05) is 0 Å². The molecule has 19 heavy (non-hydrogen) atoms. The normalized spacial score (nSPS) is 12.6. The van der Waals surface area contributed by atoms with Crippen LogP contribution in [0.25, 0.3) is 0 Å². The Bertz CT molecular complexity index is 594. The second-order valence-corrected chi connectivity index (χ2v) is 6.03. The minimum atomic E-state index is -3.38. The summed E-state index contributed by atoms with van der Waals surface area (Å²) in [6.45, 7) is 1.48. The van der Waals surface area contributed by atoms with Gasteiger partial charge in [-0.15, -0.1) is 0 Å². The number of hydrogen-bond acceptors (Lipinski definition) is 5. The minimum absolute atomic E-state index is 0.0471. The van der Waals surface area contributed by atoms with Crippen LogP contribution in [-0.2, 0) is 19.4 Å². The quantitative estimate of drug-likeness (QED) is 0.808. The van der Waals surface area contributed by atoms with E-state index >= 15 is 0 Å². The summed E-state index contributed by atoms with van der Waals surface area (Å²) in [6.07, 6.45) is 1.06. The van der Waals surface area contributed by atoms with Crippen LogP contribution in [0.5, 0.6) is 0 Å². The highest BCUT2D eigenvalue weighted by Gasteiger charge is 2.18. The first kappa shape index (κ1) is 15.2. The molecule has 7 heteroatoms. The maximum Gasteiger partial charge on any atom is 0.328 e. The molecule has 1 unspecified atom stereocenters. The monoisotopic (exact) mass is 285 g/mol. The number of hydrogen-bond donors (Lipinski definition) is 1. The van der Waals surface area contributed by atoms with Gasteiger partial charge in [0, 0.05) is 11.8 Å². The number of rotatable bonds is 4. The van der Waals surface area contributed by atoms with E-state index < -0.39 is 27.8 Å². The molecule has 0 aliphatic rings. The van der Waals surface area contributed by atoms with Crippen molar-refractivity contribution in [3.05, 3.63) is 29.8 Å². The van der Waals surface area contributed by atoms with Crippen LogP contribution in [0.15, 0.2) is 29.2 Å². The van der Waals surface area contributed by atoms with Crippen LogP contribution >= 0.6 is 0 Å². The van der Waals surface area contributed by atoms with Gasteiger partial charge in [0.2, 0.25) is 0 Å². The Morgan fingerprint density at radius 1 is 1.32 bits per heavy atom. The molecule has 0 fully saturated rings. The van der Waals surface area contributed by atoms with E-state index in [4.69, 9.17) is 0 Å². The number of carbonyl (C=O) groups excluding carboxylic acids is 2. The highest BCUT2D eigenvalue weighted by atomic mass is 32.2. The Morgan fingerprint density at radius 2 is 1.95 bits per heavy atom. The highest BCUT2D eigenvalue weighted by Crippen LogP contribution is 2.11. The summed E-state index contributed by atoms with van der Waals surface area (Å²) >= 11 is 0. The van der Waals surface area contributed by atoms with E-state index in [1.54, 1.807) is 0 Å². The van der Waals surface area contributed by atoms with Crippen molar-refractivity contribution in [3.63, 3.8) is 0 Å². The summed E-state index contributed by atoms with van der Waals surface area (Å²) < 4.78 is 27.2. The van der Waals surface area contributed by atoms with Crippen molar-refractivity contribution in [1.82, 2.24) is 5.32 Å². The maximum absolute atomic E-state index is 11.8. The van der Waals surface area contributed by atoms with E-state index in [0.717, 1.165) is 6.26 Å². The minimum Gasteiger partial charge on any atom is -0.467 e. The van der Waals surface area contributed by atoms with Crippen LogP contribution in [0, 0.1) is 0 Å². The number of ether oxygens (including phenoxy) is 1. The summed E-state index contributed by atoms with van der Waals surface area (Å²) in [4.78, 5) is 23.1. The summed E-state index contributed by atoms with van der Waals surface area (Å²) in [6, 6.07) is 4.78. The molecule has 1 amide bonds. The third-order valence-corrected chi connectivity index (χ3v) is 3.54. The molecular formula is C12H15NO5S. The Hall–Kier alpha value is -1.89. The van der Waals surface area contributed by atoms with E-state index in [9.17, 15) is 18.0 Å². The summed E-state index contributed by atoms with van der Waals surface area (Å²) in [5, 5.41) is 2.42. The van der Waals surface area contributed by atoms with Crippen LogP contribution in [-0.4, -0.2) is 39.7 Å². The molecule has 1 aromatic rings. The maximum atomic E-state index is 11.8. The van der Waals surface area contributed by atoms with Crippen molar-refractivity contribution in [2.45, 2.75) is 17.9 Å². The fourth-order valence-electron chi connectivity index (χ4n) is 1.38. The van der Waals surface area contributed by atoms with E-state index in [-0.39, 0.29) is 10.5 Å². The number of amides is 1. The third kappa shape index (κ3) is 4.06. The van der Waals surface area contributed by atoms with Crippen LogP contribution < -0.4 is 5.32 Å². The molecular weight excluding hydrogens is 270 g/mol. The molecule has 0 spiro atoms. The first-order valence-corrected chi connectivity index (χ1v) is 7.33. The molecule has 6 nitrogen and oxygen atoms in total. The molecule has 0 aliphatic heterocycles. The topological polar surface area (TPSA) is 89.5 Å². The molecule has 1 N–H and O–H groups in total.